The molecule has 0 aliphatic heterocycles. The maximum atomic E-state index is 11.5. The van der Waals surface area contributed by atoms with Crippen molar-refractivity contribution >= 4 is 6.04 Å². The van der Waals surface area contributed by atoms with E-state index in [1.165, 1.54) is 0 Å². The number of hydrogen-bond donors (Lipinski definition) is 0. The number of rotatable bonds is 3. The number of carbonyl (C=O) groups excluding carboxylic acids is 1. The summed E-state index contributed by atoms with van der Waals surface area (Å²) in [6.45, 7) is 3.80. The van der Waals surface area contributed by atoms with Gasteiger partial charge < -0.3 is 0 Å². The summed E-state index contributed by atoms with van der Waals surface area (Å²) in [5.41, 5.74) is 0. The van der Waals surface area contributed by atoms with Crippen molar-refractivity contribution in [1.29, 1.82) is 0 Å². The Balaban J connectivity index is 3.24. The van der Waals surface area contributed by atoms with Gasteiger partial charge in [-0.05, 0) is 5.92 Å². The number of halogens is 1. The molecule has 8 heavy (non-hydrogen) atoms. The number of carbonyl (C=O) groups is 1. The van der Waals surface area contributed by atoms with Crippen LogP contribution in [0.25, 0.3) is 0 Å². The lowest BCUT2D eigenvalue weighted by Crippen LogP contribution is -1.97. The summed E-state index contributed by atoms with van der Waals surface area (Å²) in [5, 5.41) is 0. The highest BCUT2D eigenvalue weighted by Gasteiger charge is 2.03. The summed E-state index contributed by atoms with van der Waals surface area (Å²) in [4.78, 5) is 9.75. The molecule has 2 heteroatoms. The van der Waals surface area contributed by atoms with Crippen molar-refractivity contribution in [1.82, 2.24) is 0 Å². The van der Waals surface area contributed by atoms with E-state index < -0.39 is 6.04 Å². The second-order valence-electron chi connectivity index (χ2n) is 2.07. The third kappa shape index (κ3) is 3.78. The Morgan fingerprint density at radius 2 is 2.25 bits per heavy atom. The zero-order valence-corrected chi connectivity index (χ0v) is 5.28. The lowest BCUT2D eigenvalue weighted by molar-refractivity contribution is -0.130. The molecule has 0 aromatic rings. The molecule has 0 aromatic carbocycles. The first kappa shape index (κ1) is 7.60. The van der Waals surface area contributed by atoms with Crippen LogP contribution in [0.3, 0.4) is 0 Å². The molecule has 0 aliphatic carbocycles. The van der Waals surface area contributed by atoms with Crippen molar-refractivity contribution in [3.63, 3.8) is 0 Å². The van der Waals surface area contributed by atoms with Crippen LogP contribution >= 0.6 is 0 Å². The molecule has 0 rings (SSSR count). The van der Waals surface area contributed by atoms with Crippen LogP contribution in [-0.4, -0.2) is 6.04 Å². The summed E-state index contributed by atoms with van der Waals surface area (Å²) in [5.74, 6) is 0.201. The fraction of sp³-hybridized carbons (Fsp3) is 0.833. The fourth-order valence-corrected chi connectivity index (χ4v) is 0.418. The van der Waals surface area contributed by atoms with Crippen molar-refractivity contribution in [2.45, 2.75) is 26.7 Å². The molecule has 0 saturated heterocycles. The summed E-state index contributed by atoms with van der Waals surface area (Å²) in [7, 11) is 0. The van der Waals surface area contributed by atoms with Crippen molar-refractivity contribution in [3.8, 4) is 0 Å². The van der Waals surface area contributed by atoms with Crippen molar-refractivity contribution < 1.29 is 9.18 Å². The van der Waals surface area contributed by atoms with Crippen molar-refractivity contribution in [3.05, 3.63) is 0 Å². The second kappa shape index (κ2) is 3.58. The molecule has 0 spiro atoms. The van der Waals surface area contributed by atoms with E-state index in [2.05, 4.69) is 0 Å². The lowest BCUT2D eigenvalue weighted by atomic mass is 10.1. The highest BCUT2D eigenvalue weighted by atomic mass is 19.1. The van der Waals surface area contributed by atoms with Crippen molar-refractivity contribution in [2.24, 2.45) is 5.92 Å². The van der Waals surface area contributed by atoms with Gasteiger partial charge in [-0.15, -0.1) is 0 Å². The average molecular weight is 118 g/mol. The summed E-state index contributed by atoms with van der Waals surface area (Å²) in [6.07, 6.45) is 0.951. The first-order valence-electron chi connectivity index (χ1n) is 2.85. The minimum Gasteiger partial charge on any atom is -0.261 e. The van der Waals surface area contributed by atoms with Gasteiger partial charge in [0, 0.05) is 6.42 Å². The standard InChI is InChI=1S/C6H11FO/c1-3-5(2)4-6(7)8/h5H,3-4H2,1-2H3/t5-/m0/s1. The van der Waals surface area contributed by atoms with E-state index in [4.69, 9.17) is 0 Å². The highest BCUT2D eigenvalue weighted by molar-refractivity contribution is 5.67. The summed E-state index contributed by atoms with van der Waals surface area (Å²) >= 11 is 0. The van der Waals surface area contributed by atoms with Gasteiger partial charge in [-0.3, -0.25) is 4.79 Å². The SMILES string of the molecule is CC[C@H](C)CC(=O)F. The van der Waals surface area contributed by atoms with Crippen LogP contribution in [0.2, 0.25) is 0 Å². The van der Waals surface area contributed by atoms with Gasteiger partial charge in [0.2, 0.25) is 0 Å². The summed E-state index contributed by atoms with van der Waals surface area (Å²) < 4.78 is 11.5. The Bertz CT molecular complexity index is 80.6. The molecule has 0 amide bonds. The van der Waals surface area contributed by atoms with Gasteiger partial charge in [0.1, 0.15) is 0 Å². The quantitative estimate of drug-likeness (QED) is 0.517. The highest BCUT2D eigenvalue weighted by Crippen LogP contribution is 2.06. The average Bonchev–Trinajstić information content (AvgIpc) is 1.65. The van der Waals surface area contributed by atoms with Crippen LogP contribution in [0, 0.1) is 5.92 Å². The van der Waals surface area contributed by atoms with E-state index in [1.807, 2.05) is 13.8 Å². The minimum atomic E-state index is -1.20. The van der Waals surface area contributed by atoms with Gasteiger partial charge in [0.05, 0.1) is 0 Å². The number of hydrogen-bond acceptors (Lipinski definition) is 1. The molecule has 1 atom stereocenters. The van der Waals surface area contributed by atoms with Gasteiger partial charge in [0.15, 0.2) is 0 Å². The molecule has 0 unspecified atom stereocenters. The maximum absolute atomic E-state index is 11.5. The smallest absolute Gasteiger partial charge is 0.261 e. The molecule has 48 valence electrons. The van der Waals surface area contributed by atoms with Gasteiger partial charge in [-0.2, -0.15) is 4.39 Å². The van der Waals surface area contributed by atoms with Gasteiger partial charge in [0.25, 0.3) is 0 Å². The lowest BCUT2D eigenvalue weighted by Gasteiger charge is -1.99. The predicted molar refractivity (Wildman–Crippen MR) is 30.2 cm³/mol. The molecule has 0 fully saturated rings. The van der Waals surface area contributed by atoms with Crippen LogP contribution in [-0.2, 0) is 4.79 Å². The molecule has 0 aromatic heterocycles. The minimum absolute atomic E-state index is 0.0799. The molecule has 0 aliphatic rings. The van der Waals surface area contributed by atoms with E-state index in [0.29, 0.717) is 0 Å². The molecule has 0 bridgehead atoms. The van der Waals surface area contributed by atoms with E-state index >= 15 is 0 Å². The normalized spacial score (nSPS) is 13.4. The molecular formula is C6H11FO. The van der Waals surface area contributed by atoms with E-state index in [1.54, 1.807) is 0 Å². The van der Waals surface area contributed by atoms with Gasteiger partial charge in [-0.1, -0.05) is 20.3 Å². The van der Waals surface area contributed by atoms with Crippen LogP contribution in [0.15, 0.2) is 0 Å². The second-order valence-corrected chi connectivity index (χ2v) is 2.07. The zero-order valence-electron chi connectivity index (χ0n) is 5.28. The van der Waals surface area contributed by atoms with E-state index in [-0.39, 0.29) is 12.3 Å². The fourth-order valence-electron chi connectivity index (χ4n) is 0.418. The summed E-state index contributed by atoms with van der Waals surface area (Å²) in [6, 6.07) is -1.20. The molecule has 1 nitrogen and oxygen atoms in total. The topological polar surface area (TPSA) is 17.1 Å². The van der Waals surface area contributed by atoms with Gasteiger partial charge in [-0.25, -0.2) is 0 Å². The first-order valence-corrected chi connectivity index (χ1v) is 2.85. The van der Waals surface area contributed by atoms with Gasteiger partial charge >= 0.3 is 6.04 Å². The Morgan fingerprint density at radius 1 is 1.75 bits per heavy atom. The molecule has 0 heterocycles. The molecule has 0 radical (unpaired) electrons. The third-order valence-corrected chi connectivity index (χ3v) is 1.21. The largest absolute Gasteiger partial charge is 0.301 e. The van der Waals surface area contributed by atoms with Crippen LogP contribution in [0.1, 0.15) is 26.7 Å². The Morgan fingerprint density at radius 3 is 2.38 bits per heavy atom. The molecular weight excluding hydrogens is 107 g/mol. The first-order chi connectivity index (χ1) is 3.66. The Labute approximate surface area is 48.9 Å². The Kier molecular flexibility index (Phi) is 3.40. The monoisotopic (exact) mass is 118 g/mol. The van der Waals surface area contributed by atoms with Crippen LogP contribution in [0.4, 0.5) is 4.39 Å². The van der Waals surface area contributed by atoms with Crippen LogP contribution in [0.5, 0.6) is 0 Å². The third-order valence-electron chi connectivity index (χ3n) is 1.21. The van der Waals surface area contributed by atoms with E-state index in [9.17, 15) is 9.18 Å². The van der Waals surface area contributed by atoms with Crippen molar-refractivity contribution in [2.75, 3.05) is 0 Å². The predicted octanol–water partition coefficient (Wildman–Crippen LogP) is 1.92. The molecule has 0 N–H and O–H groups in total. The maximum Gasteiger partial charge on any atom is 0.301 e. The van der Waals surface area contributed by atoms with E-state index in [0.717, 1.165) is 6.42 Å². The van der Waals surface area contributed by atoms with Crippen LogP contribution < -0.4 is 0 Å². The zero-order chi connectivity index (χ0) is 6.57. The Hall–Kier alpha value is -0.400. The molecule has 0 saturated carbocycles.